The third-order valence-corrected chi connectivity index (χ3v) is 2.93. The van der Waals surface area contributed by atoms with E-state index in [0.29, 0.717) is 0 Å². The summed E-state index contributed by atoms with van der Waals surface area (Å²) in [6, 6.07) is 2.34. The van der Waals surface area contributed by atoms with Crippen LogP contribution in [0.25, 0.3) is 0 Å². The van der Waals surface area contributed by atoms with Gasteiger partial charge in [-0.05, 0) is 5.41 Å². The molecule has 1 aromatic rings. The molecule has 1 unspecified atom stereocenters. The Kier molecular flexibility index (Phi) is 4.81. The second kappa shape index (κ2) is 6.17. The summed E-state index contributed by atoms with van der Waals surface area (Å²) in [6.45, 7) is 5.47. The van der Waals surface area contributed by atoms with Crippen molar-refractivity contribution in [1.29, 1.82) is 5.26 Å². The lowest BCUT2D eigenvalue weighted by atomic mass is 9.84. The molecule has 0 aliphatic carbocycles. The zero-order valence-electron chi connectivity index (χ0n) is 12.0. The van der Waals surface area contributed by atoms with Gasteiger partial charge in [0.1, 0.15) is 6.07 Å². The van der Waals surface area contributed by atoms with Crippen LogP contribution in [-0.2, 0) is 4.79 Å². The Morgan fingerprint density at radius 2 is 2.24 bits per heavy atom. The summed E-state index contributed by atoms with van der Waals surface area (Å²) in [6.07, 6.45) is 0.998. The fraction of sp³-hybridized carbons (Fsp3) is 0.462. The number of carboxylic acid groups (broad SMARTS) is 1. The van der Waals surface area contributed by atoms with Gasteiger partial charge in [-0.25, -0.2) is 4.98 Å². The van der Waals surface area contributed by atoms with Gasteiger partial charge in [0.2, 0.25) is 5.82 Å². The van der Waals surface area contributed by atoms with Crippen LogP contribution in [0.2, 0.25) is 0 Å². The molecule has 0 radical (unpaired) electrons. The SMILES string of the molecule is CC(C)(C)C(CC(=O)O)Nc1ncc(C#N)cc1[N+](=O)[O-]. The molecule has 0 saturated carbocycles. The van der Waals surface area contributed by atoms with E-state index in [0.717, 1.165) is 6.07 Å². The number of hydrogen-bond donors (Lipinski definition) is 2. The van der Waals surface area contributed by atoms with E-state index < -0.39 is 22.3 Å². The van der Waals surface area contributed by atoms with Crippen molar-refractivity contribution in [3.63, 3.8) is 0 Å². The van der Waals surface area contributed by atoms with Crippen molar-refractivity contribution in [3.8, 4) is 6.07 Å². The Labute approximate surface area is 121 Å². The lowest BCUT2D eigenvalue weighted by molar-refractivity contribution is -0.384. The number of pyridine rings is 1. The molecule has 0 fully saturated rings. The van der Waals surface area contributed by atoms with Crippen molar-refractivity contribution in [2.45, 2.75) is 33.2 Å². The highest BCUT2D eigenvalue weighted by Gasteiger charge is 2.29. The monoisotopic (exact) mass is 292 g/mol. The van der Waals surface area contributed by atoms with Gasteiger partial charge in [0.25, 0.3) is 0 Å². The van der Waals surface area contributed by atoms with Gasteiger partial charge in [0, 0.05) is 18.3 Å². The van der Waals surface area contributed by atoms with Gasteiger partial charge in [0.05, 0.1) is 16.9 Å². The molecule has 1 rings (SSSR count). The zero-order valence-corrected chi connectivity index (χ0v) is 12.0. The van der Waals surface area contributed by atoms with Gasteiger partial charge < -0.3 is 10.4 Å². The largest absolute Gasteiger partial charge is 0.481 e. The highest BCUT2D eigenvalue weighted by Crippen LogP contribution is 2.29. The third kappa shape index (κ3) is 4.42. The molecule has 1 heterocycles. The molecule has 8 heteroatoms. The van der Waals surface area contributed by atoms with Crippen molar-refractivity contribution >= 4 is 17.5 Å². The van der Waals surface area contributed by atoms with E-state index >= 15 is 0 Å². The number of anilines is 1. The Bertz CT molecular complexity index is 601. The van der Waals surface area contributed by atoms with E-state index in [1.165, 1.54) is 6.20 Å². The maximum absolute atomic E-state index is 11.0. The third-order valence-electron chi connectivity index (χ3n) is 2.93. The average Bonchev–Trinajstić information content (AvgIpc) is 2.36. The van der Waals surface area contributed by atoms with Gasteiger partial charge in [0.15, 0.2) is 0 Å². The molecule has 0 bridgehead atoms. The summed E-state index contributed by atoms with van der Waals surface area (Å²) in [5, 5.41) is 31.6. The van der Waals surface area contributed by atoms with Gasteiger partial charge >= 0.3 is 11.7 Å². The molecule has 21 heavy (non-hydrogen) atoms. The topological polar surface area (TPSA) is 129 Å². The normalized spacial score (nSPS) is 12.3. The predicted molar refractivity (Wildman–Crippen MR) is 74.7 cm³/mol. The zero-order chi connectivity index (χ0) is 16.2. The van der Waals surface area contributed by atoms with Gasteiger partial charge in [-0.3, -0.25) is 14.9 Å². The molecule has 112 valence electrons. The molecule has 0 aromatic carbocycles. The molecular weight excluding hydrogens is 276 g/mol. The molecular formula is C13H16N4O4. The molecule has 2 N–H and O–H groups in total. The van der Waals surface area contributed by atoms with E-state index in [4.69, 9.17) is 10.4 Å². The highest BCUT2D eigenvalue weighted by molar-refractivity contribution is 5.69. The van der Waals surface area contributed by atoms with Gasteiger partial charge in [-0.15, -0.1) is 0 Å². The number of hydrogen-bond acceptors (Lipinski definition) is 6. The maximum Gasteiger partial charge on any atom is 0.312 e. The quantitative estimate of drug-likeness (QED) is 0.628. The second-order valence-corrected chi connectivity index (χ2v) is 5.62. The summed E-state index contributed by atoms with van der Waals surface area (Å²) >= 11 is 0. The molecule has 0 spiro atoms. The Morgan fingerprint density at radius 3 is 2.67 bits per heavy atom. The van der Waals surface area contributed by atoms with Crippen LogP contribution in [0.5, 0.6) is 0 Å². The van der Waals surface area contributed by atoms with E-state index in [1.54, 1.807) is 6.07 Å². The number of aliphatic carboxylic acids is 1. The predicted octanol–water partition coefficient (Wildman–Crippen LogP) is 2.16. The highest BCUT2D eigenvalue weighted by atomic mass is 16.6. The lowest BCUT2D eigenvalue weighted by Crippen LogP contribution is -2.36. The van der Waals surface area contributed by atoms with Crippen LogP contribution in [-0.4, -0.2) is 27.0 Å². The second-order valence-electron chi connectivity index (χ2n) is 5.62. The van der Waals surface area contributed by atoms with Crippen LogP contribution in [0, 0.1) is 26.9 Å². The minimum atomic E-state index is -1.02. The molecule has 0 amide bonds. The minimum Gasteiger partial charge on any atom is -0.481 e. The summed E-state index contributed by atoms with van der Waals surface area (Å²) in [7, 11) is 0. The Morgan fingerprint density at radius 1 is 1.62 bits per heavy atom. The summed E-state index contributed by atoms with van der Waals surface area (Å²) in [4.78, 5) is 25.2. The van der Waals surface area contributed by atoms with E-state index in [-0.39, 0.29) is 23.5 Å². The number of carbonyl (C=O) groups is 1. The number of nitriles is 1. The van der Waals surface area contributed by atoms with Crippen LogP contribution in [0.1, 0.15) is 32.8 Å². The van der Waals surface area contributed by atoms with Crippen LogP contribution in [0.3, 0.4) is 0 Å². The van der Waals surface area contributed by atoms with Crippen LogP contribution < -0.4 is 5.32 Å². The van der Waals surface area contributed by atoms with E-state index in [9.17, 15) is 14.9 Å². The molecule has 8 nitrogen and oxygen atoms in total. The van der Waals surface area contributed by atoms with Crippen molar-refractivity contribution < 1.29 is 14.8 Å². The Hall–Kier alpha value is -2.69. The first-order chi connectivity index (χ1) is 9.65. The van der Waals surface area contributed by atoms with Crippen molar-refractivity contribution in [3.05, 3.63) is 27.9 Å². The van der Waals surface area contributed by atoms with E-state index in [1.807, 2.05) is 20.8 Å². The number of aromatic nitrogens is 1. The van der Waals surface area contributed by atoms with Gasteiger partial charge in [-0.1, -0.05) is 20.8 Å². The van der Waals surface area contributed by atoms with Crippen LogP contribution in [0.4, 0.5) is 11.5 Å². The summed E-state index contributed by atoms with van der Waals surface area (Å²) in [5.41, 5.74) is -0.728. The van der Waals surface area contributed by atoms with Gasteiger partial charge in [-0.2, -0.15) is 5.26 Å². The standard InChI is InChI=1S/C13H16N4O4/c1-13(2,3)10(5-11(18)19)16-12-9(17(20)21)4-8(6-14)7-15-12/h4,7,10H,5H2,1-3H3,(H,15,16)(H,18,19). The molecule has 0 saturated heterocycles. The fourth-order valence-electron chi connectivity index (χ4n) is 1.68. The Balaban J connectivity index is 3.17. The number of nitrogens with one attached hydrogen (secondary N) is 1. The first kappa shape index (κ1) is 16.4. The minimum absolute atomic E-state index is 0.0415. The maximum atomic E-state index is 11.0. The van der Waals surface area contributed by atoms with Crippen molar-refractivity contribution in [2.24, 2.45) is 5.41 Å². The summed E-state index contributed by atoms with van der Waals surface area (Å²) < 4.78 is 0. The first-order valence-electron chi connectivity index (χ1n) is 6.18. The van der Waals surface area contributed by atoms with Crippen molar-refractivity contribution in [2.75, 3.05) is 5.32 Å². The molecule has 1 atom stereocenters. The van der Waals surface area contributed by atoms with Crippen molar-refractivity contribution in [1.82, 2.24) is 4.98 Å². The number of rotatable bonds is 5. The summed E-state index contributed by atoms with van der Waals surface area (Å²) in [5.74, 6) is -1.06. The first-order valence-corrected chi connectivity index (χ1v) is 6.18. The molecule has 1 aromatic heterocycles. The fourth-order valence-corrected chi connectivity index (χ4v) is 1.68. The lowest BCUT2D eigenvalue weighted by Gasteiger charge is -2.30. The smallest absolute Gasteiger partial charge is 0.312 e. The molecule has 0 aliphatic heterocycles. The molecule has 0 aliphatic rings. The van der Waals surface area contributed by atoms with E-state index in [2.05, 4.69) is 10.3 Å². The number of carboxylic acids is 1. The van der Waals surface area contributed by atoms with Crippen LogP contribution in [0.15, 0.2) is 12.3 Å². The average molecular weight is 292 g/mol. The number of nitrogens with zero attached hydrogens (tertiary/aromatic N) is 3. The van der Waals surface area contributed by atoms with Crippen LogP contribution >= 0.6 is 0 Å². The number of nitro groups is 1.